The van der Waals surface area contributed by atoms with Gasteiger partial charge in [0.25, 0.3) is 5.91 Å². The predicted molar refractivity (Wildman–Crippen MR) is 121 cm³/mol. The molecule has 1 aromatic rings. The number of piperidine rings is 1. The van der Waals surface area contributed by atoms with Crippen LogP contribution in [0.4, 0.5) is 10.1 Å². The van der Waals surface area contributed by atoms with Crippen LogP contribution in [0, 0.1) is 11.7 Å². The predicted octanol–water partition coefficient (Wildman–Crippen LogP) is 2.77. The first kappa shape index (κ1) is 22.8. The summed E-state index contributed by atoms with van der Waals surface area (Å²) in [5.74, 6) is -0.0985. The van der Waals surface area contributed by atoms with Gasteiger partial charge in [-0.3, -0.25) is 9.59 Å². The van der Waals surface area contributed by atoms with E-state index in [4.69, 9.17) is 17.0 Å². The molecule has 164 valence electrons. The van der Waals surface area contributed by atoms with Gasteiger partial charge < -0.3 is 19.4 Å². The van der Waals surface area contributed by atoms with Gasteiger partial charge in [0, 0.05) is 39.3 Å². The molecule has 0 atom stereocenters. The van der Waals surface area contributed by atoms with Crippen LogP contribution in [0.25, 0.3) is 0 Å². The van der Waals surface area contributed by atoms with E-state index >= 15 is 0 Å². The number of carbonyl (C=O) groups is 2. The van der Waals surface area contributed by atoms with Crippen LogP contribution in [0.1, 0.15) is 19.8 Å². The molecule has 2 fully saturated rings. The molecule has 0 spiro atoms. The second-order valence-electron chi connectivity index (χ2n) is 7.70. The number of amides is 1. The minimum atomic E-state index is -0.439. The monoisotopic (exact) mass is 453 g/mol. The maximum absolute atomic E-state index is 13.9. The Hall–Kier alpha value is -1.87. The minimum Gasteiger partial charge on any atom is -0.455 e. The fourth-order valence-corrected chi connectivity index (χ4v) is 4.63. The van der Waals surface area contributed by atoms with E-state index in [-0.39, 0.29) is 24.1 Å². The number of ether oxygens (including phenoxy) is 1. The highest BCUT2D eigenvalue weighted by molar-refractivity contribution is 8.23. The average molecular weight is 454 g/mol. The number of piperazine rings is 1. The number of hydrogen-bond acceptors (Lipinski definition) is 6. The maximum Gasteiger partial charge on any atom is 0.316 e. The number of benzene rings is 1. The molecule has 2 aliphatic rings. The van der Waals surface area contributed by atoms with Gasteiger partial charge in [-0.15, -0.1) is 0 Å². The van der Waals surface area contributed by atoms with Crippen molar-refractivity contribution in [2.45, 2.75) is 19.8 Å². The number of likely N-dealkylation sites (tertiary alicyclic amines) is 1. The Morgan fingerprint density at radius 3 is 2.43 bits per heavy atom. The Balaban J connectivity index is 1.34. The molecule has 0 radical (unpaired) electrons. The van der Waals surface area contributed by atoms with Crippen molar-refractivity contribution in [1.29, 1.82) is 0 Å². The Labute approximate surface area is 186 Å². The van der Waals surface area contributed by atoms with Crippen molar-refractivity contribution in [2.24, 2.45) is 5.92 Å². The van der Waals surface area contributed by atoms with Gasteiger partial charge in [-0.05, 0) is 30.9 Å². The van der Waals surface area contributed by atoms with Gasteiger partial charge in [0.1, 0.15) is 10.1 Å². The summed E-state index contributed by atoms with van der Waals surface area (Å²) < 4.78 is 19.8. The van der Waals surface area contributed by atoms with E-state index in [1.54, 1.807) is 23.1 Å². The Morgan fingerprint density at radius 1 is 1.10 bits per heavy atom. The van der Waals surface area contributed by atoms with Crippen LogP contribution in [0.15, 0.2) is 24.3 Å². The molecule has 3 rings (SSSR count). The summed E-state index contributed by atoms with van der Waals surface area (Å²) in [4.78, 5) is 30.0. The first-order valence-electron chi connectivity index (χ1n) is 10.3. The van der Waals surface area contributed by atoms with E-state index in [9.17, 15) is 14.0 Å². The average Bonchev–Trinajstić information content (AvgIpc) is 2.77. The lowest BCUT2D eigenvalue weighted by atomic mass is 10.00. The van der Waals surface area contributed by atoms with Crippen molar-refractivity contribution in [3.8, 4) is 0 Å². The number of esters is 1. The molecule has 1 amide bonds. The van der Waals surface area contributed by atoms with Crippen LogP contribution in [-0.4, -0.2) is 77.6 Å². The second-order valence-corrected chi connectivity index (χ2v) is 9.31. The lowest BCUT2D eigenvalue weighted by molar-refractivity contribution is -0.150. The third-order valence-corrected chi connectivity index (χ3v) is 7.03. The van der Waals surface area contributed by atoms with Crippen molar-refractivity contribution < 1.29 is 18.7 Å². The standard InChI is InChI=1S/C21H28FN3O3S2/c1-16-6-8-25(9-7-16)21(29)30-15-20(27)28-14-19(26)24-12-10-23(11-13-24)18-5-3-2-4-17(18)22/h2-5,16H,6-15H2,1H3. The molecular formula is C21H28FN3O3S2. The van der Waals surface area contributed by atoms with Crippen LogP contribution in [-0.2, 0) is 14.3 Å². The van der Waals surface area contributed by atoms with Crippen LogP contribution in [0.2, 0.25) is 0 Å². The fraction of sp³-hybridized carbons (Fsp3) is 0.571. The first-order valence-corrected chi connectivity index (χ1v) is 11.7. The molecule has 2 heterocycles. The fourth-order valence-electron chi connectivity index (χ4n) is 3.58. The molecule has 1 aromatic carbocycles. The van der Waals surface area contributed by atoms with E-state index in [0.29, 0.717) is 31.9 Å². The number of rotatable bonds is 5. The molecule has 0 aliphatic carbocycles. The Morgan fingerprint density at radius 2 is 1.77 bits per heavy atom. The van der Waals surface area contributed by atoms with Crippen molar-refractivity contribution in [2.75, 3.05) is 56.5 Å². The summed E-state index contributed by atoms with van der Waals surface area (Å²) in [5, 5.41) is 0. The van der Waals surface area contributed by atoms with Gasteiger partial charge in [0.05, 0.1) is 11.4 Å². The van der Waals surface area contributed by atoms with Gasteiger partial charge in [-0.2, -0.15) is 0 Å². The summed E-state index contributed by atoms with van der Waals surface area (Å²) in [6.07, 6.45) is 2.23. The summed E-state index contributed by atoms with van der Waals surface area (Å²) >= 11 is 6.70. The SMILES string of the molecule is CC1CCN(C(=S)SCC(=O)OCC(=O)N2CCN(c3ccccc3F)CC2)CC1. The van der Waals surface area contributed by atoms with E-state index in [1.165, 1.54) is 17.8 Å². The zero-order chi connectivity index (χ0) is 21.5. The molecule has 30 heavy (non-hydrogen) atoms. The smallest absolute Gasteiger partial charge is 0.316 e. The number of thiocarbonyl (C=S) groups is 1. The number of hydrogen-bond donors (Lipinski definition) is 0. The van der Waals surface area contributed by atoms with Gasteiger partial charge in [-0.25, -0.2) is 4.39 Å². The largest absolute Gasteiger partial charge is 0.455 e. The van der Waals surface area contributed by atoms with Crippen LogP contribution in [0.3, 0.4) is 0 Å². The Bertz CT molecular complexity index is 764. The lowest BCUT2D eigenvalue weighted by Crippen LogP contribution is -2.50. The summed E-state index contributed by atoms with van der Waals surface area (Å²) in [6.45, 7) is 5.85. The number of anilines is 1. The zero-order valence-corrected chi connectivity index (χ0v) is 18.9. The summed E-state index contributed by atoms with van der Waals surface area (Å²) in [5.41, 5.74) is 0.548. The van der Waals surface area contributed by atoms with Crippen molar-refractivity contribution >= 4 is 45.9 Å². The van der Waals surface area contributed by atoms with Crippen LogP contribution < -0.4 is 4.90 Å². The highest BCUT2D eigenvalue weighted by Gasteiger charge is 2.24. The van der Waals surface area contributed by atoms with Crippen molar-refractivity contribution in [3.05, 3.63) is 30.1 Å². The molecule has 2 aliphatic heterocycles. The third-order valence-electron chi connectivity index (χ3n) is 5.54. The molecule has 6 nitrogen and oxygen atoms in total. The van der Waals surface area contributed by atoms with E-state index < -0.39 is 5.97 Å². The Kier molecular flexibility index (Phi) is 8.32. The molecule has 0 aromatic heterocycles. The zero-order valence-electron chi connectivity index (χ0n) is 17.2. The number of para-hydroxylation sites is 1. The van der Waals surface area contributed by atoms with Crippen molar-refractivity contribution in [3.63, 3.8) is 0 Å². The van der Waals surface area contributed by atoms with Gasteiger partial charge in [0.2, 0.25) is 0 Å². The second kappa shape index (κ2) is 10.9. The van der Waals surface area contributed by atoms with Crippen molar-refractivity contribution in [1.82, 2.24) is 9.80 Å². The maximum atomic E-state index is 13.9. The molecule has 9 heteroatoms. The highest BCUT2D eigenvalue weighted by atomic mass is 32.2. The molecule has 0 N–H and O–H groups in total. The number of nitrogens with zero attached hydrogens (tertiary/aromatic N) is 3. The van der Waals surface area contributed by atoms with E-state index in [0.717, 1.165) is 36.2 Å². The molecular weight excluding hydrogens is 425 g/mol. The van der Waals surface area contributed by atoms with E-state index in [1.807, 2.05) is 4.90 Å². The molecule has 2 saturated heterocycles. The number of halogens is 1. The molecule has 0 bridgehead atoms. The third kappa shape index (κ3) is 6.31. The van der Waals surface area contributed by atoms with Gasteiger partial charge in [0.15, 0.2) is 6.61 Å². The van der Waals surface area contributed by atoms with Gasteiger partial charge >= 0.3 is 5.97 Å². The minimum absolute atomic E-state index is 0.110. The quantitative estimate of drug-likeness (QED) is 0.502. The van der Waals surface area contributed by atoms with Crippen LogP contribution >= 0.6 is 24.0 Å². The van der Waals surface area contributed by atoms with Crippen LogP contribution in [0.5, 0.6) is 0 Å². The molecule has 0 unspecified atom stereocenters. The lowest BCUT2D eigenvalue weighted by Gasteiger charge is -2.36. The molecule has 0 saturated carbocycles. The van der Waals surface area contributed by atoms with Gasteiger partial charge in [-0.1, -0.05) is 43.0 Å². The van der Waals surface area contributed by atoms with E-state index in [2.05, 4.69) is 11.8 Å². The normalized spacial score (nSPS) is 17.7. The topological polar surface area (TPSA) is 53.1 Å². The first-order chi connectivity index (χ1) is 14.4. The summed E-state index contributed by atoms with van der Waals surface area (Å²) in [6, 6.07) is 6.62. The number of carbonyl (C=O) groups excluding carboxylic acids is 2. The number of thioether (sulfide) groups is 1. The highest BCUT2D eigenvalue weighted by Crippen LogP contribution is 2.21. The summed E-state index contributed by atoms with van der Waals surface area (Å²) in [7, 11) is 0.